The molecule has 98 valence electrons. The predicted octanol–water partition coefficient (Wildman–Crippen LogP) is 1.46. The van der Waals surface area contributed by atoms with Gasteiger partial charge in [0.25, 0.3) is 5.91 Å². The van der Waals surface area contributed by atoms with E-state index in [4.69, 9.17) is 5.73 Å². The maximum absolute atomic E-state index is 11.9. The SMILES string of the molecule is CSC1(CNC(=O)c2cncc(N)n2)CCCC1. The first-order valence-corrected chi connectivity index (χ1v) is 7.29. The second kappa shape index (κ2) is 5.56. The number of hydrogen-bond acceptors (Lipinski definition) is 5. The summed E-state index contributed by atoms with van der Waals surface area (Å²) in [5.41, 5.74) is 5.79. The van der Waals surface area contributed by atoms with E-state index in [1.807, 2.05) is 11.8 Å². The van der Waals surface area contributed by atoms with Crippen molar-refractivity contribution in [3.8, 4) is 0 Å². The average Bonchev–Trinajstić information content (AvgIpc) is 2.85. The molecule has 1 amide bonds. The molecule has 0 bridgehead atoms. The van der Waals surface area contributed by atoms with Crippen LogP contribution in [-0.4, -0.2) is 33.4 Å². The molecule has 0 aliphatic heterocycles. The van der Waals surface area contributed by atoms with Crippen molar-refractivity contribution in [1.29, 1.82) is 0 Å². The average molecular weight is 266 g/mol. The molecule has 5 nitrogen and oxygen atoms in total. The summed E-state index contributed by atoms with van der Waals surface area (Å²) in [6, 6.07) is 0. The van der Waals surface area contributed by atoms with Gasteiger partial charge < -0.3 is 11.1 Å². The molecule has 1 saturated carbocycles. The van der Waals surface area contributed by atoms with E-state index in [-0.39, 0.29) is 22.2 Å². The zero-order valence-electron chi connectivity index (χ0n) is 10.5. The molecule has 1 aromatic heterocycles. The fourth-order valence-corrected chi connectivity index (χ4v) is 3.21. The van der Waals surface area contributed by atoms with Crippen LogP contribution in [-0.2, 0) is 0 Å². The molecule has 6 heteroatoms. The van der Waals surface area contributed by atoms with Crippen LogP contribution in [0.5, 0.6) is 0 Å². The van der Waals surface area contributed by atoms with E-state index in [1.54, 1.807) is 0 Å². The van der Waals surface area contributed by atoms with Crippen LogP contribution in [0.3, 0.4) is 0 Å². The van der Waals surface area contributed by atoms with E-state index in [0.717, 1.165) is 12.8 Å². The van der Waals surface area contributed by atoms with Crippen LogP contribution in [0.25, 0.3) is 0 Å². The number of carbonyl (C=O) groups excluding carboxylic acids is 1. The lowest BCUT2D eigenvalue weighted by Gasteiger charge is -2.26. The van der Waals surface area contributed by atoms with Gasteiger partial charge in [-0.25, -0.2) is 4.98 Å². The number of anilines is 1. The van der Waals surface area contributed by atoms with Gasteiger partial charge in [-0.05, 0) is 19.1 Å². The molecular weight excluding hydrogens is 248 g/mol. The lowest BCUT2D eigenvalue weighted by Crippen LogP contribution is -2.38. The third-order valence-corrected chi connectivity index (χ3v) is 4.82. The maximum atomic E-state index is 11.9. The molecule has 0 atom stereocenters. The number of amides is 1. The summed E-state index contributed by atoms with van der Waals surface area (Å²) in [6.07, 6.45) is 9.79. The Kier molecular flexibility index (Phi) is 4.06. The van der Waals surface area contributed by atoms with Crippen molar-refractivity contribution in [2.24, 2.45) is 0 Å². The van der Waals surface area contributed by atoms with E-state index >= 15 is 0 Å². The van der Waals surface area contributed by atoms with Crippen molar-refractivity contribution in [2.75, 3.05) is 18.5 Å². The Bertz CT molecular complexity index is 432. The van der Waals surface area contributed by atoms with E-state index in [0.29, 0.717) is 6.54 Å². The quantitative estimate of drug-likeness (QED) is 0.862. The van der Waals surface area contributed by atoms with E-state index < -0.39 is 0 Å². The van der Waals surface area contributed by atoms with Crippen molar-refractivity contribution in [3.63, 3.8) is 0 Å². The van der Waals surface area contributed by atoms with Crippen LogP contribution in [0.15, 0.2) is 12.4 Å². The number of carbonyl (C=O) groups is 1. The van der Waals surface area contributed by atoms with Gasteiger partial charge in [-0.3, -0.25) is 9.78 Å². The Labute approximate surface area is 111 Å². The van der Waals surface area contributed by atoms with E-state index in [1.165, 1.54) is 25.2 Å². The number of nitrogens with one attached hydrogen (secondary N) is 1. The third-order valence-electron chi connectivity index (χ3n) is 3.40. The summed E-state index contributed by atoms with van der Waals surface area (Å²) in [5.74, 6) is 0.0678. The zero-order valence-corrected chi connectivity index (χ0v) is 11.3. The molecule has 1 aliphatic rings. The van der Waals surface area contributed by atoms with Gasteiger partial charge in [-0.2, -0.15) is 11.8 Å². The molecule has 0 radical (unpaired) electrons. The second-order valence-electron chi connectivity index (χ2n) is 4.61. The Balaban J connectivity index is 1.96. The summed E-state index contributed by atoms with van der Waals surface area (Å²) in [6.45, 7) is 0.684. The third kappa shape index (κ3) is 2.93. The first kappa shape index (κ1) is 13.1. The minimum absolute atomic E-state index is 0.198. The molecule has 18 heavy (non-hydrogen) atoms. The van der Waals surface area contributed by atoms with Crippen molar-refractivity contribution in [1.82, 2.24) is 15.3 Å². The molecule has 1 aromatic rings. The molecule has 0 unspecified atom stereocenters. The standard InChI is InChI=1S/C12H18N4OS/c1-18-12(4-2-3-5-12)8-15-11(17)9-6-14-7-10(13)16-9/h6-7H,2-5,8H2,1H3,(H2,13,16)(H,15,17). The molecule has 0 aromatic carbocycles. The highest BCUT2D eigenvalue weighted by Crippen LogP contribution is 2.39. The highest BCUT2D eigenvalue weighted by atomic mass is 32.2. The number of thioether (sulfide) groups is 1. The largest absolute Gasteiger partial charge is 0.382 e. The predicted molar refractivity (Wildman–Crippen MR) is 73.5 cm³/mol. The highest BCUT2D eigenvalue weighted by Gasteiger charge is 2.33. The van der Waals surface area contributed by atoms with E-state index in [2.05, 4.69) is 21.5 Å². The van der Waals surface area contributed by atoms with Crippen LogP contribution in [0.2, 0.25) is 0 Å². The summed E-state index contributed by atoms with van der Waals surface area (Å²) < 4.78 is 0.198. The van der Waals surface area contributed by atoms with Crippen molar-refractivity contribution in [2.45, 2.75) is 30.4 Å². The van der Waals surface area contributed by atoms with Crippen LogP contribution < -0.4 is 11.1 Å². The Morgan fingerprint density at radius 1 is 1.50 bits per heavy atom. The van der Waals surface area contributed by atoms with Crippen molar-refractivity contribution < 1.29 is 4.79 Å². The summed E-state index contributed by atoms with van der Waals surface area (Å²) in [5, 5.41) is 2.94. The normalized spacial score (nSPS) is 17.6. The molecule has 0 spiro atoms. The molecule has 0 saturated heterocycles. The van der Waals surface area contributed by atoms with Gasteiger partial charge >= 0.3 is 0 Å². The summed E-state index contributed by atoms with van der Waals surface area (Å²) in [4.78, 5) is 19.8. The lowest BCUT2D eigenvalue weighted by molar-refractivity contribution is 0.0944. The van der Waals surface area contributed by atoms with Gasteiger partial charge in [0.2, 0.25) is 0 Å². The Hall–Kier alpha value is -1.30. The fraction of sp³-hybridized carbons (Fsp3) is 0.583. The summed E-state index contributed by atoms with van der Waals surface area (Å²) >= 11 is 1.84. The van der Waals surface area contributed by atoms with Crippen LogP contribution in [0, 0.1) is 0 Å². The minimum Gasteiger partial charge on any atom is -0.382 e. The van der Waals surface area contributed by atoms with Gasteiger partial charge in [-0.1, -0.05) is 12.8 Å². The van der Waals surface area contributed by atoms with Crippen molar-refractivity contribution >= 4 is 23.5 Å². The number of aromatic nitrogens is 2. The van der Waals surface area contributed by atoms with E-state index in [9.17, 15) is 4.79 Å². The smallest absolute Gasteiger partial charge is 0.271 e. The fourth-order valence-electron chi connectivity index (χ4n) is 2.29. The number of hydrogen-bond donors (Lipinski definition) is 2. The van der Waals surface area contributed by atoms with Crippen molar-refractivity contribution in [3.05, 3.63) is 18.1 Å². The van der Waals surface area contributed by atoms with Gasteiger partial charge in [0.05, 0.1) is 12.4 Å². The maximum Gasteiger partial charge on any atom is 0.271 e. The summed E-state index contributed by atoms with van der Waals surface area (Å²) in [7, 11) is 0. The lowest BCUT2D eigenvalue weighted by atomic mass is 10.1. The highest BCUT2D eigenvalue weighted by molar-refractivity contribution is 8.00. The molecule has 3 N–H and O–H groups in total. The number of nitrogens with two attached hydrogens (primary N) is 1. The van der Waals surface area contributed by atoms with Crippen LogP contribution in [0.1, 0.15) is 36.2 Å². The monoisotopic (exact) mass is 266 g/mol. The topological polar surface area (TPSA) is 80.9 Å². The van der Waals surface area contributed by atoms with Gasteiger partial charge in [0.15, 0.2) is 0 Å². The molecule has 1 heterocycles. The van der Waals surface area contributed by atoms with Gasteiger partial charge in [0.1, 0.15) is 11.5 Å². The van der Waals surface area contributed by atoms with Crippen LogP contribution >= 0.6 is 11.8 Å². The molecule has 1 aliphatic carbocycles. The first-order chi connectivity index (χ1) is 8.65. The Morgan fingerprint density at radius 3 is 2.83 bits per heavy atom. The second-order valence-corrected chi connectivity index (χ2v) is 5.88. The van der Waals surface area contributed by atoms with Gasteiger partial charge in [0, 0.05) is 11.3 Å². The first-order valence-electron chi connectivity index (χ1n) is 6.06. The molecule has 2 rings (SSSR count). The number of nitrogens with zero attached hydrogens (tertiary/aromatic N) is 2. The number of rotatable bonds is 4. The Morgan fingerprint density at radius 2 is 2.22 bits per heavy atom. The molecular formula is C12H18N4OS. The number of nitrogen functional groups attached to an aromatic ring is 1. The zero-order chi connectivity index (χ0) is 13.0. The minimum atomic E-state index is -0.199. The molecule has 1 fully saturated rings. The van der Waals surface area contributed by atoms with Crippen LogP contribution in [0.4, 0.5) is 5.82 Å². The van der Waals surface area contributed by atoms with Gasteiger partial charge in [-0.15, -0.1) is 0 Å².